The van der Waals surface area contributed by atoms with Gasteiger partial charge in [-0.3, -0.25) is 9.59 Å². The molecule has 0 bridgehead atoms. The summed E-state index contributed by atoms with van der Waals surface area (Å²) in [5.74, 6) is 0.375. The van der Waals surface area contributed by atoms with E-state index in [-0.39, 0.29) is 24.5 Å². The SMILES string of the molecule is O=C(CCC(=O)c1ccccc1)NCC1CCCc2ccccc21. The highest BCUT2D eigenvalue weighted by atomic mass is 16.2. The van der Waals surface area contributed by atoms with Crippen molar-refractivity contribution in [1.82, 2.24) is 5.32 Å². The van der Waals surface area contributed by atoms with Crippen LogP contribution in [0.3, 0.4) is 0 Å². The molecule has 2 aromatic carbocycles. The Labute approximate surface area is 143 Å². The summed E-state index contributed by atoms with van der Waals surface area (Å²) in [4.78, 5) is 24.1. The number of Topliss-reactive ketones (excluding diaryl/α,β-unsaturated/α-hetero) is 1. The second-order valence-corrected chi connectivity index (χ2v) is 6.38. The molecule has 3 nitrogen and oxygen atoms in total. The van der Waals surface area contributed by atoms with Crippen molar-refractivity contribution in [2.45, 2.75) is 38.0 Å². The summed E-state index contributed by atoms with van der Waals surface area (Å²) in [6.45, 7) is 0.662. The Morgan fingerprint density at radius 3 is 2.54 bits per heavy atom. The zero-order valence-corrected chi connectivity index (χ0v) is 13.8. The number of benzene rings is 2. The van der Waals surface area contributed by atoms with Gasteiger partial charge in [-0.1, -0.05) is 54.6 Å². The molecule has 1 aliphatic carbocycles. The Balaban J connectivity index is 1.47. The molecule has 3 heteroatoms. The first-order chi connectivity index (χ1) is 11.7. The predicted octanol–water partition coefficient (Wildman–Crippen LogP) is 3.89. The number of hydrogen-bond acceptors (Lipinski definition) is 2. The largest absolute Gasteiger partial charge is 0.355 e. The van der Waals surface area contributed by atoms with Crippen molar-refractivity contribution in [2.24, 2.45) is 0 Å². The Kier molecular flexibility index (Phi) is 5.42. The molecule has 124 valence electrons. The molecule has 1 unspecified atom stereocenters. The molecular formula is C21H23NO2. The van der Waals surface area contributed by atoms with Crippen LogP contribution in [0.2, 0.25) is 0 Å². The second-order valence-electron chi connectivity index (χ2n) is 6.38. The van der Waals surface area contributed by atoms with Gasteiger partial charge >= 0.3 is 0 Å². The average molecular weight is 321 g/mol. The van der Waals surface area contributed by atoms with Gasteiger partial charge in [-0.15, -0.1) is 0 Å². The minimum absolute atomic E-state index is 0.0220. The van der Waals surface area contributed by atoms with Crippen LogP contribution in [0.5, 0.6) is 0 Å². The van der Waals surface area contributed by atoms with E-state index >= 15 is 0 Å². The number of carbonyl (C=O) groups excluding carboxylic acids is 2. The minimum atomic E-state index is -0.0395. The lowest BCUT2D eigenvalue weighted by molar-refractivity contribution is -0.121. The molecule has 0 spiro atoms. The maximum atomic E-state index is 12.1. The Morgan fingerprint density at radius 1 is 0.958 bits per heavy atom. The van der Waals surface area contributed by atoms with Gasteiger partial charge in [-0.2, -0.15) is 0 Å². The summed E-state index contributed by atoms with van der Waals surface area (Å²) in [5.41, 5.74) is 3.44. The average Bonchev–Trinajstić information content (AvgIpc) is 2.65. The van der Waals surface area contributed by atoms with Crippen LogP contribution in [0.4, 0.5) is 0 Å². The monoisotopic (exact) mass is 321 g/mol. The number of aryl methyl sites for hydroxylation is 1. The molecule has 0 saturated heterocycles. The number of fused-ring (bicyclic) bond motifs is 1. The molecule has 24 heavy (non-hydrogen) atoms. The first-order valence-electron chi connectivity index (χ1n) is 8.67. The van der Waals surface area contributed by atoms with E-state index < -0.39 is 0 Å². The van der Waals surface area contributed by atoms with Crippen LogP contribution in [0.25, 0.3) is 0 Å². The van der Waals surface area contributed by atoms with E-state index in [0.717, 1.165) is 12.8 Å². The third kappa shape index (κ3) is 4.10. The fourth-order valence-electron chi connectivity index (χ4n) is 3.39. The molecule has 0 fully saturated rings. The smallest absolute Gasteiger partial charge is 0.220 e. The molecule has 1 atom stereocenters. The van der Waals surface area contributed by atoms with Crippen molar-refractivity contribution in [3.8, 4) is 0 Å². The van der Waals surface area contributed by atoms with E-state index in [2.05, 4.69) is 29.6 Å². The van der Waals surface area contributed by atoms with Gasteiger partial charge in [-0.25, -0.2) is 0 Å². The van der Waals surface area contributed by atoms with Crippen molar-refractivity contribution in [1.29, 1.82) is 0 Å². The lowest BCUT2D eigenvalue weighted by atomic mass is 9.83. The number of amides is 1. The molecule has 0 saturated carbocycles. The Bertz CT molecular complexity index is 709. The van der Waals surface area contributed by atoms with Gasteiger partial charge in [-0.05, 0) is 30.4 Å². The fourth-order valence-corrected chi connectivity index (χ4v) is 3.39. The van der Waals surface area contributed by atoms with Gasteiger partial charge < -0.3 is 5.32 Å². The van der Waals surface area contributed by atoms with Crippen LogP contribution in [0, 0.1) is 0 Å². The highest BCUT2D eigenvalue weighted by Crippen LogP contribution is 2.30. The molecule has 0 radical (unpaired) electrons. The lowest BCUT2D eigenvalue weighted by Gasteiger charge is -2.25. The van der Waals surface area contributed by atoms with Crippen molar-refractivity contribution in [3.63, 3.8) is 0 Å². The first kappa shape index (κ1) is 16.4. The zero-order valence-electron chi connectivity index (χ0n) is 13.8. The van der Waals surface area contributed by atoms with Gasteiger partial charge in [0.2, 0.25) is 5.91 Å². The molecule has 1 aliphatic rings. The maximum Gasteiger partial charge on any atom is 0.220 e. The van der Waals surface area contributed by atoms with Crippen LogP contribution in [0.1, 0.15) is 53.1 Å². The number of rotatable bonds is 6. The van der Waals surface area contributed by atoms with Crippen molar-refractivity contribution < 1.29 is 9.59 Å². The van der Waals surface area contributed by atoms with Gasteiger partial charge in [0.25, 0.3) is 0 Å². The molecule has 0 heterocycles. The molecule has 0 aromatic heterocycles. The Morgan fingerprint density at radius 2 is 1.71 bits per heavy atom. The van der Waals surface area contributed by atoms with Gasteiger partial charge in [0.1, 0.15) is 0 Å². The van der Waals surface area contributed by atoms with E-state index in [1.165, 1.54) is 17.5 Å². The predicted molar refractivity (Wildman–Crippen MR) is 95.1 cm³/mol. The number of nitrogens with one attached hydrogen (secondary N) is 1. The molecule has 2 aromatic rings. The third-order valence-corrected chi connectivity index (χ3v) is 4.71. The standard InChI is InChI=1S/C21H23NO2/c23-20(17-8-2-1-3-9-17)13-14-21(24)22-15-18-11-6-10-16-7-4-5-12-19(16)18/h1-5,7-9,12,18H,6,10-11,13-15H2,(H,22,24). The zero-order chi connectivity index (χ0) is 16.8. The Hall–Kier alpha value is -2.42. The summed E-state index contributed by atoms with van der Waals surface area (Å²) >= 11 is 0. The maximum absolute atomic E-state index is 12.1. The first-order valence-corrected chi connectivity index (χ1v) is 8.67. The number of ketones is 1. The summed E-state index contributed by atoms with van der Waals surface area (Å²) in [5, 5.41) is 3.01. The summed E-state index contributed by atoms with van der Waals surface area (Å²) in [7, 11) is 0. The van der Waals surface area contributed by atoms with Gasteiger partial charge in [0.05, 0.1) is 0 Å². The molecule has 3 rings (SSSR count). The summed E-state index contributed by atoms with van der Waals surface area (Å²) in [6, 6.07) is 17.6. The molecule has 1 amide bonds. The van der Waals surface area contributed by atoms with E-state index in [0.29, 0.717) is 18.0 Å². The topological polar surface area (TPSA) is 46.2 Å². The van der Waals surface area contributed by atoms with Crippen LogP contribution in [-0.4, -0.2) is 18.2 Å². The molecule has 1 N–H and O–H groups in total. The van der Waals surface area contributed by atoms with Crippen molar-refractivity contribution in [3.05, 3.63) is 71.3 Å². The third-order valence-electron chi connectivity index (χ3n) is 4.71. The van der Waals surface area contributed by atoms with Crippen LogP contribution >= 0.6 is 0 Å². The highest BCUT2D eigenvalue weighted by molar-refractivity contribution is 5.97. The second kappa shape index (κ2) is 7.91. The summed E-state index contributed by atoms with van der Waals surface area (Å²) in [6.07, 6.45) is 3.93. The van der Waals surface area contributed by atoms with E-state index in [1.54, 1.807) is 12.1 Å². The van der Waals surface area contributed by atoms with Gasteiger partial charge in [0.15, 0.2) is 5.78 Å². The molecule has 0 aliphatic heterocycles. The number of carbonyl (C=O) groups is 2. The quantitative estimate of drug-likeness (QED) is 0.821. The lowest BCUT2D eigenvalue weighted by Crippen LogP contribution is -2.30. The molecular weight excluding hydrogens is 298 g/mol. The van der Waals surface area contributed by atoms with E-state index in [1.807, 2.05) is 18.2 Å². The van der Waals surface area contributed by atoms with Crippen LogP contribution < -0.4 is 5.32 Å². The number of hydrogen-bond donors (Lipinski definition) is 1. The van der Waals surface area contributed by atoms with E-state index in [9.17, 15) is 9.59 Å². The van der Waals surface area contributed by atoms with Gasteiger partial charge in [0, 0.05) is 30.9 Å². The fraction of sp³-hybridized carbons (Fsp3) is 0.333. The van der Waals surface area contributed by atoms with E-state index in [4.69, 9.17) is 0 Å². The van der Waals surface area contributed by atoms with Crippen molar-refractivity contribution in [2.75, 3.05) is 6.54 Å². The van der Waals surface area contributed by atoms with Crippen molar-refractivity contribution >= 4 is 11.7 Å². The normalized spacial score (nSPS) is 16.2. The summed E-state index contributed by atoms with van der Waals surface area (Å²) < 4.78 is 0. The minimum Gasteiger partial charge on any atom is -0.355 e. The van der Waals surface area contributed by atoms with Crippen LogP contribution in [-0.2, 0) is 11.2 Å². The highest BCUT2D eigenvalue weighted by Gasteiger charge is 2.20. The van der Waals surface area contributed by atoms with Crippen LogP contribution in [0.15, 0.2) is 54.6 Å².